The van der Waals surface area contributed by atoms with Gasteiger partial charge < -0.3 is 14.2 Å². The van der Waals surface area contributed by atoms with Crippen molar-refractivity contribution in [2.45, 2.75) is 425 Å². The van der Waals surface area contributed by atoms with Crippen molar-refractivity contribution < 1.29 is 28.6 Å². The van der Waals surface area contributed by atoms with E-state index < -0.39 is 6.10 Å². The molecule has 77 heavy (non-hydrogen) atoms. The van der Waals surface area contributed by atoms with Crippen molar-refractivity contribution in [2.24, 2.45) is 0 Å². The fraction of sp³-hybridized carbons (Fsp3) is 0.958. The summed E-state index contributed by atoms with van der Waals surface area (Å²) in [5.41, 5.74) is 0. The van der Waals surface area contributed by atoms with Crippen molar-refractivity contribution in [3.8, 4) is 0 Å². The van der Waals surface area contributed by atoms with E-state index in [1.165, 1.54) is 321 Å². The summed E-state index contributed by atoms with van der Waals surface area (Å²) in [6.07, 6.45) is 78.4. The molecule has 0 rings (SSSR count). The molecule has 6 heteroatoms. The first-order valence-corrected chi connectivity index (χ1v) is 35.5. The Balaban J connectivity index is 4.22. The van der Waals surface area contributed by atoms with Crippen LogP contribution in [0.2, 0.25) is 0 Å². The zero-order valence-electron chi connectivity index (χ0n) is 52.8. The summed E-state index contributed by atoms with van der Waals surface area (Å²) >= 11 is 0. The van der Waals surface area contributed by atoms with Crippen molar-refractivity contribution in [3.63, 3.8) is 0 Å². The number of esters is 3. The zero-order chi connectivity index (χ0) is 55.7. The van der Waals surface area contributed by atoms with Gasteiger partial charge in [0.1, 0.15) is 13.2 Å². The molecule has 0 aliphatic carbocycles. The summed E-state index contributed by atoms with van der Waals surface area (Å²) in [7, 11) is 0. The van der Waals surface area contributed by atoms with Crippen LogP contribution in [0.1, 0.15) is 419 Å². The lowest BCUT2D eigenvalue weighted by molar-refractivity contribution is -0.167. The predicted molar refractivity (Wildman–Crippen MR) is 335 cm³/mol. The molecule has 0 N–H and O–H groups in total. The standard InChI is InChI=1S/C71H138O6/c1-4-7-10-13-16-19-22-25-28-31-33-34-35-36-37-38-39-41-43-46-49-52-55-58-61-64-70(73)76-67-68(66-75-69(72)63-60-57-54-51-48-45-42-30-27-24-21-18-15-12-9-6-3)77-71(74)65-62-59-56-53-50-47-44-40-32-29-26-23-20-17-14-11-8-5-2/h68H,4-67H2,1-3H3. The minimum atomic E-state index is -0.763. The highest BCUT2D eigenvalue weighted by Crippen LogP contribution is 2.19. The third kappa shape index (κ3) is 65.1. The van der Waals surface area contributed by atoms with Crippen LogP contribution >= 0.6 is 0 Å². The van der Waals surface area contributed by atoms with E-state index in [0.717, 1.165) is 57.8 Å². The molecule has 0 radical (unpaired) electrons. The minimum absolute atomic E-state index is 0.0601. The number of rotatable bonds is 67. The Kier molecular flexibility index (Phi) is 65.5. The average Bonchev–Trinajstić information content (AvgIpc) is 3.43. The Bertz CT molecular complexity index is 1160. The third-order valence-electron chi connectivity index (χ3n) is 16.6. The van der Waals surface area contributed by atoms with Crippen LogP contribution in [-0.4, -0.2) is 37.2 Å². The maximum Gasteiger partial charge on any atom is 0.306 e. The largest absolute Gasteiger partial charge is 0.462 e. The van der Waals surface area contributed by atoms with Gasteiger partial charge in [-0.3, -0.25) is 14.4 Å². The Labute approximate surface area is 482 Å². The van der Waals surface area contributed by atoms with Crippen molar-refractivity contribution in [1.29, 1.82) is 0 Å². The molecule has 0 aliphatic rings. The van der Waals surface area contributed by atoms with E-state index in [-0.39, 0.29) is 31.1 Å². The van der Waals surface area contributed by atoms with E-state index in [1.54, 1.807) is 0 Å². The van der Waals surface area contributed by atoms with E-state index in [2.05, 4.69) is 20.8 Å². The Morgan fingerprint density at radius 2 is 0.351 bits per heavy atom. The molecule has 0 bridgehead atoms. The molecule has 0 saturated heterocycles. The van der Waals surface area contributed by atoms with Gasteiger partial charge in [0.25, 0.3) is 0 Å². The van der Waals surface area contributed by atoms with E-state index >= 15 is 0 Å². The minimum Gasteiger partial charge on any atom is -0.462 e. The van der Waals surface area contributed by atoms with Gasteiger partial charge in [-0.1, -0.05) is 380 Å². The van der Waals surface area contributed by atoms with Gasteiger partial charge in [0.2, 0.25) is 0 Å². The number of unbranched alkanes of at least 4 members (excludes halogenated alkanes) is 56. The predicted octanol–water partition coefficient (Wildman–Crippen LogP) is 24.2. The first kappa shape index (κ1) is 75.4. The molecule has 0 aliphatic heterocycles. The zero-order valence-corrected chi connectivity index (χ0v) is 52.8. The molecule has 0 fully saturated rings. The van der Waals surface area contributed by atoms with Gasteiger partial charge in [0, 0.05) is 19.3 Å². The molecule has 0 aromatic heterocycles. The summed E-state index contributed by atoms with van der Waals surface area (Å²) in [6.45, 7) is 6.75. The van der Waals surface area contributed by atoms with E-state index in [4.69, 9.17) is 14.2 Å². The van der Waals surface area contributed by atoms with Crippen LogP contribution < -0.4 is 0 Å². The van der Waals surface area contributed by atoms with Gasteiger partial charge in [-0.05, 0) is 19.3 Å². The molecule has 0 aromatic rings. The SMILES string of the molecule is CCCCCCCCCCCCCCCCCCCCCCCCCCCC(=O)OCC(COC(=O)CCCCCCCCCCCCCCCCCC)OC(=O)CCCCCCCCCCCCCCCCCCCC. The van der Waals surface area contributed by atoms with Gasteiger partial charge >= 0.3 is 17.9 Å². The number of hydrogen-bond donors (Lipinski definition) is 0. The highest BCUT2D eigenvalue weighted by Gasteiger charge is 2.19. The lowest BCUT2D eigenvalue weighted by Gasteiger charge is -2.18. The van der Waals surface area contributed by atoms with Gasteiger partial charge in [0.05, 0.1) is 0 Å². The number of carbonyl (C=O) groups is 3. The van der Waals surface area contributed by atoms with Crippen molar-refractivity contribution in [2.75, 3.05) is 13.2 Å². The van der Waals surface area contributed by atoms with Crippen LogP contribution in [0.25, 0.3) is 0 Å². The second-order valence-electron chi connectivity index (χ2n) is 24.5. The van der Waals surface area contributed by atoms with E-state index in [1.807, 2.05) is 0 Å². The molecular formula is C71H138O6. The first-order chi connectivity index (χ1) is 38.0. The summed E-state index contributed by atoms with van der Waals surface area (Å²) in [5, 5.41) is 0. The fourth-order valence-corrected chi connectivity index (χ4v) is 11.3. The summed E-state index contributed by atoms with van der Waals surface area (Å²) in [4.78, 5) is 38.4. The number of ether oxygens (including phenoxy) is 3. The van der Waals surface area contributed by atoms with Crippen molar-refractivity contribution in [1.82, 2.24) is 0 Å². The quantitative estimate of drug-likeness (QED) is 0.0343. The highest BCUT2D eigenvalue weighted by molar-refractivity contribution is 5.71. The number of hydrogen-bond acceptors (Lipinski definition) is 6. The van der Waals surface area contributed by atoms with Crippen LogP contribution in [0.3, 0.4) is 0 Å². The Morgan fingerprint density at radius 3 is 0.519 bits per heavy atom. The van der Waals surface area contributed by atoms with Crippen molar-refractivity contribution in [3.05, 3.63) is 0 Å². The third-order valence-corrected chi connectivity index (χ3v) is 16.6. The molecule has 1 unspecified atom stereocenters. The Hall–Kier alpha value is -1.59. The van der Waals surface area contributed by atoms with Crippen LogP contribution in [0.15, 0.2) is 0 Å². The summed E-state index contributed by atoms with van der Waals surface area (Å²) in [5.74, 6) is -0.818. The normalized spacial score (nSPS) is 11.9. The van der Waals surface area contributed by atoms with Gasteiger partial charge in [-0.15, -0.1) is 0 Å². The molecule has 6 nitrogen and oxygen atoms in total. The molecule has 1 atom stereocenters. The van der Waals surface area contributed by atoms with E-state index in [9.17, 15) is 14.4 Å². The van der Waals surface area contributed by atoms with Crippen LogP contribution in [0, 0.1) is 0 Å². The maximum atomic E-state index is 12.9. The van der Waals surface area contributed by atoms with Crippen LogP contribution in [0.5, 0.6) is 0 Å². The maximum absolute atomic E-state index is 12.9. The molecular weight excluding hydrogens is 949 g/mol. The molecule has 0 aromatic carbocycles. The highest BCUT2D eigenvalue weighted by atomic mass is 16.6. The second kappa shape index (κ2) is 66.9. The number of carbonyl (C=O) groups excluding carboxylic acids is 3. The first-order valence-electron chi connectivity index (χ1n) is 35.5. The van der Waals surface area contributed by atoms with Gasteiger partial charge in [-0.2, -0.15) is 0 Å². The monoisotopic (exact) mass is 1090 g/mol. The average molecular weight is 1090 g/mol. The molecule has 0 amide bonds. The fourth-order valence-electron chi connectivity index (χ4n) is 11.3. The van der Waals surface area contributed by atoms with Gasteiger partial charge in [-0.25, -0.2) is 0 Å². The van der Waals surface area contributed by atoms with Crippen LogP contribution in [-0.2, 0) is 28.6 Å². The lowest BCUT2D eigenvalue weighted by atomic mass is 10.0. The van der Waals surface area contributed by atoms with Crippen molar-refractivity contribution >= 4 is 17.9 Å². The molecule has 0 saturated carbocycles. The van der Waals surface area contributed by atoms with Crippen LogP contribution in [0.4, 0.5) is 0 Å². The molecule has 0 heterocycles. The second-order valence-corrected chi connectivity index (χ2v) is 24.5. The lowest BCUT2D eigenvalue weighted by Crippen LogP contribution is -2.30. The summed E-state index contributed by atoms with van der Waals surface area (Å²) < 4.78 is 17.0. The molecule has 0 spiro atoms. The topological polar surface area (TPSA) is 78.9 Å². The Morgan fingerprint density at radius 1 is 0.208 bits per heavy atom. The smallest absolute Gasteiger partial charge is 0.306 e. The molecule has 458 valence electrons. The summed E-state index contributed by atoms with van der Waals surface area (Å²) in [6, 6.07) is 0. The van der Waals surface area contributed by atoms with E-state index in [0.29, 0.717) is 19.3 Å². The van der Waals surface area contributed by atoms with Gasteiger partial charge in [0.15, 0.2) is 6.10 Å².